The Kier molecular flexibility index (Phi) is 19.3. The summed E-state index contributed by atoms with van der Waals surface area (Å²) < 4.78 is 22.5. The maximum atomic E-state index is 7.50. The molecule has 2 aromatic carbocycles. The molecule has 0 aliphatic carbocycles. The van der Waals surface area contributed by atoms with Crippen molar-refractivity contribution in [2.45, 2.75) is 6.92 Å². The third-order valence-corrected chi connectivity index (χ3v) is 2.64. The van der Waals surface area contributed by atoms with Crippen LogP contribution in [0, 0.1) is 26.9 Å². The Morgan fingerprint density at radius 1 is 0.714 bits per heavy atom. The van der Waals surface area contributed by atoms with Gasteiger partial charge in [0.25, 0.3) is 0 Å². The van der Waals surface area contributed by atoms with Gasteiger partial charge in [0.05, 0.1) is 0 Å². The van der Waals surface area contributed by atoms with Crippen LogP contribution in [0.15, 0.2) is 48.5 Å². The molecule has 0 fully saturated rings. The van der Waals surface area contributed by atoms with Crippen LogP contribution < -0.4 is 0 Å². The molecule has 0 bridgehead atoms. The third-order valence-electron chi connectivity index (χ3n) is 2.31. The van der Waals surface area contributed by atoms with Crippen LogP contribution >= 0.6 is 11.6 Å². The van der Waals surface area contributed by atoms with Crippen molar-refractivity contribution in [3.05, 3.63) is 79.1 Å². The fourth-order valence-electron chi connectivity index (χ4n) is 1.55. The summed E-state index contributed by atoms with van der Waals surface area (Å²) in [5, 5.41) is 0.807. The smallest absolute Gasteiger partial charge is 0 e. The van der Waals surface area contributed by atoms with Crippen molar-refractivity contribution < 1.29 is 31.3 Å². The van der Waals surface area contributed by atoms with Crippen LogP contribution in [0.3, 0.4) is 0 Å². The van der Waals surface area contributed by atoms with E-state index in [1.807, 2.05) is 36.4 Å². The van der Waals surface area contributed by atoms with Gasteiger partial charge in [-0.25, -0.2) is 0 Å². The number of hydrogen-bond donors (Lipinski definition) is 0. The maximum absolute atomic E-state index is 7.50. The zero-order valence-electron chi connectivity index (χ0n) is 11.1. The van der Waals surface area contributed by atoms with Crippen LogP contribution in [0.2, 0.25) is 5.02 Å². The van der Waals surface area contributed by atoms with Gasteiger partial charge in [-0.2, -0.15) is 0 Å². The van der Waals surface area contributed by atoms with Gasteiger partial charge in [-0.05, 0) is 24.1 Å². The average Bonchev–Trinajstić information content (AvgIpc) is 2.55. The largest absolute Gasteiger partial charge is 0 e. The topological polar surface area (TPSA) is 59.7 Å². The van der Waals surface area contributed by atoms with Crippen LogP contribution in [0.5, 0.6) is 0 Å². The van der Waals surface area contributed by atoms with Crippen LogP contribution in [-0.4, -0.2) is 0 Å². The van der Waals surface area contributed by atoms with E-state index in [1.165, 1.54) is 11.1 Å². The molecular weight excluding hydrogens is 328 g/mol. The maximum Gasteiger partial charge on any atom is 0 e. The van der Waals surface area contributed by atoms with Gasteiger partial charge >= 0.3 is 33.9 Å². The van der Waals surface area contributed by atoms with E-state index in [4.69, 9.17) is 25.6 Å². The molecule has 0 spiro atoms. The van der Waals surface area contributed by atoms with Gasteiger partial charge in [0.15, 0.2) is 0 Å². The number of halogens is 1. The van der Waals surface area contributed by atoms with Gasteiger partial charge in [0.2, 0.25) is 0 Å². The first-order chi connectivity index (χ1) is 9.79. The Morgan fingerprint density at radius 3 is 1.52 bits per heavy atom. The molecule has 5 heteroatoms. The molecule has 0 N–H and O–H groups in total. The Hall–Kier alpha value is -1.52. The summed E-state index contributed by atoms with van der Waals surface area (Å²) >= 11 is 6.13. The summed E-state index contributed by atoms with van der Waals surface area (Å²) in [5.74, 6) is 0. The number of benzene rings is 2. The Balaban J connectivity index is -0.000000414. The predicted octanol–water partition coefficient (Wildman–Crippen LogP) is 4.20. The second-order valence-corrected chi connectivity index (χ2v) is 3.70. The Bertz CT molecular complexity index is 519. The molecule has 0 aliphatic rings. The van der Waals surface area contributed by atoms with E-state index >= 15 is 0 Å². The monoisotopic (exact) mass is 338 g/mol. The van der Waals surface area contributed by atoms with E-state index in [0.717, 1.165) is 10.6 Å². The van der Waals surface area contributed by atoms with E-state index in [-0.39, 0.29) is 17.4 Å². The molecule has 3 nitrogen and oxygen atoms in total. The van der Waals surface area contributed by atoms with Crippen molar-refractivity contribution in [2.75, 3.05) is 0 Å². The van der Waals surface area contributed by atoms with E-state index in [2.05, 4.69) is 39.0 Å². The second-order valence-electron chi connectivity index (χ2n) is 3.29. The molecule has 0 amide bonds. The SMILES string of the molecule is Cc1ccccc1-c1ccccc1Cl.[C-]#[O+].[C-]#[O+].[C-]#[O+].[Cr]. The minimum atomic E-state index is 0. The van der Waals surface area contributed by atoms with E-state index < -0.39 is 0 Å². The minimum Gasteiger partial charge on any atom is 0 e. The standard InChI is InChI=1S/C13H11Cl.3CO.Cr/c1-10-6-2-3-7-11(10)12-8-4-5-9-13(12)14;3*1-2;/h2-9H,1H3;;;;. The van der Waals surface area contributed by atoms with Crippen molar-refractivity contribution in [3.63, 3.8) is 0 Å². The minimum absolute atomic E-state index is 0. The van der Waals surface area contributed by atoms with Gasteiger partial charge in [0.1, 0.15) is 0 Å². The molecule has 0 unspecified atom stereocenters. The molecule has 0 atom stereocenters. The molecule has 0 saturated carbocycles. The van der Waals surface area contributed by atoms with Crippen molar-refractivity contribution in [1.29, 1.82) is 0 Å². The summed E-state index contributed by atoms with van der Waals surface area (Å²) in [6, 6.07) is 16.2. The first kappa shape index (κ1) is 24.5. The molecule has 0 saturated heterocycles. The summed E-state index contributed by atoms with van der Waals surface area (Å²) in [5.41, 5.74) is 3.56. The third kappa shape index (κ3) is 8.38. The zero-order valence-corrected chi connectivity index (χ0v) is 13.2. The van der Waals surface area contributed by atoms with Crippen molar-refractivity contribution in [1.82, 2.24) is 0 Å². The van der Waals surface area contributed by atoms with Crippen LogP contribution in [0.4, 0.5) is 0 Å². The van der Waals surface area contributed by atoms with Gasteiger partial charge < -0.3 is 0 Å². The normalized spacial score (nSPS) is 7.05. The quantitative estimate of drug-likeness (QED) is 0.552. The van der Waals surface area contributed by atoms with E-state index in [9.17, 15) is 0 Å². The molecule has 0 radical (unpaired) electrons. The molecule has 106 valence electrons. The van der Waals surface area contributed by atoms with Crippen molar-refractivity contribution in [2.24, 2.45) is 0 Å². The zero-order chi connectivity index (χ0) is 16.0. The van der Waals surface area contributed by atoms with Gasteiger partial charge in [0, 0.05) is 27.9 Å². The molecule has 2 aromatic rings. The average molecular weight is 339 g/mol. The van der Waals surface area contributed by atoms with Crippen LogP contribution in [-0.2, 0) is 31.3 Å². The summed E-state index contributed by atoms with van der Waals surface area (Å²) in [6.07, 6.45) is 0. The van der Waals surface area contributed by atoms with Crippen molar-refractivity contribution in [3.8, 4) is 11.1 Å². The number of hydrogen-bond acceptors (Lipinski definition) is 0. The number of aryl methyl sites for hydroxylation is 1. The van der Waals surface area contributed by atoms with E-state index in [1.54, 1.807) is 0 Å². The van der Waals surface area contributed by atoms with Gasteiger partial charge in [-0.3, -0.25) is 0 Å². The second kappa shape index (κ2) is 16.5. The van der Waals surface area contributed by atoms with Crippen molar-refractivity contribution >= 4 is 11.6 Å². The fourth-order valence-corrected chi connectivity index (χ4v) is 1.79. The van der Waals surface area contributed by atoms with E-state index in [0.29, 0.717) is 0 Å². The molecule has 21 heavy (non-hydrogen) atoms. The molecule has 2 rings (SSSR count). The van der Waals surface area contributed by atoms with Crippen LogP contribution in [0.1, 0.15) is 5.56 Å². The summed E-state index contributed by atoms with van der Waals surface area (Å²) in [7, 11) is 0. The Labute approximate surface area is 140 Å². The van der Waals surface area contributed by atoms with Gasteiger partial charge in [-0.15, -0.1) is 0 Å². The Morgan fingerprint density at radius 2 is 1.10 bits per heavy atom. The predicted molar refractivity (Wildman–Crippen MR) is 73.4 cm³/mol. The fraction of sp³-hybridized carbons (Fsp3) is 0.0625. The molecule has 0 heterocycles. The first-order valence-corrected chi connectivity index (χ1v) is 5.58. The van der Waals surface area contributed by atoms with Gasteiger partial charge in [-0.1, -0.05) is 54.1 Å². The molecule has 0 aromatic heterocycles. The van der Waals surface area contributed by atoms with Crippen LogP contribution in [0.25, 0.3) is 11.1 Å². The molecule has 0 aliphatic heterocycles. The summed E-state index contributed by atoms with van der Waals surface area (Å²) in [4.78, 5) is 0. The summed E-state index contributed by atoms with van der Waals surface area (Å²) in [6.45, 7) is 15.6. The molecular formula is C16H11ClCrO3. The first-order valence-electron chi connectivity index (χ1n) is 5.21. The number of rotatable bonds is 1.